The highest BCUT2D eigenvalue weighted by Crippen LogP contribution is 2.31. The lowest BCUT2D eigenvalue weighted by Crippen LogP contribution is -2.12. The van der Waals surface area contributed by atoms with Crippen molar-refractivity contribution in [2.75, 3.05) is 20.7 Å². The van der Waals surface area contributed by atoms with E-state index in [2.05, 4.69) is 0 Å². The van der Waals surface area contributed by atoms with Gasteiger partial charge in [0.2, 0.25) is 0 Å². The van der Waals surface area contributed by atoms with Gasteiger partial charge in [-0.1, -0.05) is 24.6 Å². The molecule has 0 spiro atoms. The van der Waals surface area contributed by atoms with Gasteiger partial charge in [-0.25, -0.2) is 0 Å². The molecule has 0 amide bonds. The Balaban J connectivity index is 3.15. The Morgan fingerprint density at radius 3 is 2.44 bits per heavy atom. The second kappa shape index (κ2) is 5.32. The molecule has 3 heteroatoms. The van der Waals surface area contributed by atoms with E-state index in [0.29, 0.717) is 12.3 Å². The van der Waals surface area contributed by atoms with Crippen molar-refractivity contribution in [2.24, 2.45) is 0 Å². The number of hydrogen-bond acceptors (Lipinski definition) is 3. The van der Waals surface area contributed by atoms with Crippen molar-refractivity contribution >= 4 is 0 Å². The fraction of sp³-hybridized carbons (Fsp3) is 0.538. The number of aryl methyl sites for hydroxylation is 1. The summed E-state index contributed by atoms with van der Waals surface area (Å²) in [6.45, 7) is 4.68. The summed E-state index contributed by atoms with van der Waals surface area (Å²) in [5.41, 5.74) is 2.87. The Morgan fingerprint density at radius 1 is 1.31 bits per heavy atom. The number of phenols is 1. The second-order valence-corrected chi connectivity index (χ2v) is 4.68. The van der Waals surface area contributed by atoms with E-state index >= 15 is 0 Å². The van der Waals surface area contributed by atoms with Crippen LogP contribution in [0.4, 0.5) is 0 Å². The van der Waals surface area contributed by atoms with E-state index < -0.39 is 0 Å². The highest BCUT2D eigenvalue weighted by molar-refractivity contribution is 5.45. The molecule has 0 aliphatic carbocycles. The van der Waals surface area contributed by atoms with Crippen LogP contribution in [0.2, 0.25) is 0 Å². The van der Waals surface area contributed by atoms with Gasteiger partial charge in [0, 0.05) is 24.6 Å². The van der Waals surface area contributed by atoms with Crippen LogP contribution in [0.25, 0.3) is 0 Å². The molecule has 1 atom stereocenters. The minimum absolute atomic E-state index is 0.0270. The fourth-order valence-corrected chi connectivity index (χ4v) is 1.82. The first-order valence-corrected chi connectivity index (χ1v) is 5.53. The van der Waals surface area contributed by atoms with E-state index in [1.165, 1.54) is 0 Å². The predicted molar refractivity (Wildman–Crippen MR) is 65.7 cm³/mol. The maximum absolute atomic E-state index is 10.1. The third-order valence-electron chi connectivity index (χ3n) is 2.65. The minimum Gasteiger partial charge on any atom is -0.507 e. The van der Waals surface area contributed by atoms with Gasteiger partial charge in [-0.15, -0.1) is 0 Å². The number of aliphatic hydroxyl groups excluding tert-OH is 1. The van der Waals surface area contributed by atoms with Gasteiger partial charge in [-0.2, -0.15) is 0 Å². The van der Waals surface area contributed by atoms with Crippen LogP contribution < -0.4 is 0 Å². The molecule has 0 saturated carbocycles. The monoisotopic (exact) mass is 223 g/mol. The van der Waals surface area contributed by atoms with Crippen LogP contribution in [0, 0.1) is 6.92 Å². The molecule has 0 aromatic heterocycles. The smallest absolute Gasteiger partial charge is 0.123 e. The summed E-state index contributed by atoms with van der Waals surface area (Å²) < 4.78 is 0. The molecule has 16 heavy (non-hydrogen) atoms. The Labute approximate surface area is 97.3 Å². The number of aromatic hydroxyl groups is 1. The SMILES string of the molecule is Cc1cc(CN(C)C)c(O)c(C(C)CO)c1. The first-order valence-electron chi connectivity index (χ1n) is 5.53. The van der Waals surface area contributed by atoms with Crippen molar-refractivity contribution in [2.45, 2.75) is 26.3 Å². The van der Waals surface area contributed by atoms with E-state index in [-0.39, 0.29) is 12.5 Å². The van der Waals surface area contributed by atoms with Gasteiger partial charge in [0.25, 0.3) is 0 Å². The van der Waals surface area contributed by atoms with E-state index in [9.17, 15) is 5.11 Å². The number of hydrogen-bond donors (Lipinski definition) is 2. The standard InChI is InChI=1S/C13H21NO2/c1-9-5-11(7-14(3)4)13(16)12(6-9)10(2)8-15/h5-6,10,15-16H,7-8H2,1-4H3. The van der Waals surface area contributed by atoms with Gasteiger partial charge >= 0.3 is 0 Å². The molecule has 0 saturated heterocycles. The summed E-state index contributed by atoms with van der Waals surface area (Å²) in [4.78, 5) is 2.02. The van der Waals surface area contributed by atoms with Crippen LogP contribution in [-0.4, -0.2) is 35.8 Å². The normalized spacial score (nSPS) is 13.1. The Kier molecular flexibility index (Phi) is 4.33. The average molecular weight is 223 g/mol. The summed E-state index contributed by atoms with van der Waals surface area (Å²) in [6, 6.07) is 3.93. The molecule has 0 bridgehead atoms. The minimum atomic E-state index is -0.0270. The van der Waals surface area contributed by atoms with Crippen LogP contribution >= 0.6 is 0 Å². The number of phenolic OH excluding ortho intramolecular Hbond substituents is 1. The van der Waals surface area contributed by atoms with Crippen molar-refractivity contribution in [3.05, 3.63) is 28.8 Å². The maximum Gasteiger partial charge on any atom is 0.123 e. The van der Waals surface area contributed by atoms with Crippen molar-refractivity contribution in [3.8, 4) is 5.75 Å². The highest BCUT2D eigenvalue weighted by atomic mass is 16.3. The highest BCUT2D eigenvalue weighted by Gasteiger charge is 2.14. The van der Waals surface area contributed by atoms with Gasteiger partial charge in [-0.3, -0.25) is 0 Å². The van der Waals surface area contributed by atoms with E-state index in [1.807, 2.05) is 45.0 Å². The van der Waals surface area contributed by atoms with Crippen LogP contribution in [0.15, 0.2) is 12.1 Å². The molecule has 1 aromatic carbocycles. The third kappa shape index (κ3) is 2.97. The molecular formula is C13H21NO2. The van der Waals surface area contributed by atoms with E-state index in [0.717, 1.165) is 16.7 Å². The Morgan fingerprint density at radius 2 is 1.94 bits per heavy atom. The zero-order chi connectivity index (χ0) is 12.3. The molecule has 0 fully saturated rings. The maximum atomic E-state index is 10.1. The molecule has 0 heterocycles. The summed E-state index contributed by atoms with van der Waals surface area (Å²) >= 11 is 0. The van der Waals surface area contributed by atoms with Crippen molar-refractivity contribution in [1.82, 2.24) is 4.90 Å². The van der Waals surface area contributed by atoms with Gasteiger partial charge < -0.3 is 15.1 Å². The Bertz CT molecular complexity index is 361. The number of benzene rings is 1. The first-order chi connectivity index (χ1) is 7.45. The summed E-state index contributed by atoms with van der Waals surface area (Å²) in [5, 5.41) is 19.3. The van der Waals surface area contributed by atoms with Gasteiger partial charge in [0.1, 0.15) is 5.75 Å². The molecule has 1 unspecified atom stereocenters. The summed E-state index contributed by atoms with van der Waals surface area (Å²) in [7, 11) is 3.94. The molecule has 1 aromatic rings. The molecular weight excluding hydrogens is 202 g/mol. The molecule has 0 radical (unpaired) electrons. The molecule has 90 valence electrons. The number of nitrogens with zero attached hydrogens (tertiary/aromatic N) is 1. The first kappa shape index (κ1) is 13.0. The second-order valence-electron chi connectivity index (χ2n) is 4.68. The summed E-state index contributed by atoms with van der Waals surface area (Å²) in [5.74, 6) is 0.293. The van der Waals surface area contributed by atoms with Crippen LogP contribution in [0.5, 0.6) is 5.75 Å². The topological polar surface area (TPSA) is 43.7 Å². The van der Waals surface area contributed by atoms with Crippen LogP contribution in [-0.2, 0) is 6.54 Å². The predicted octanol–water partition coefficient (Wildman–Crippen LogP) is 1.86. The molecule has 1 rings (SSSR count). The number of rotatable bonds is 4. The Hall–Kier alpha value is -1.06. The van der Waals surface area contributed by atoms with Crippen molar-refractivity contribution in [1.29, 1.82) is 0 Å². The largest absolute Gasteiger partial charge is 0.507 e. The molecule has 0 aliphatic heterocycles. The van der Waals surface area contributed by atoms with Gasteiger partial charge in [0.05, 0.1) is 0 Å². The lowest BCUT2D eigenvalue weighted by molar-refractivity contribution is 0.270. The molecule has 2 N–H and O–H groups in total. The third-order valence-corrected chi connectivity index (χ3v) is 2.65. The molecule has 3 nitrogen and oxygen atoms in total. The van der Waals surface area contributed by atoms with Crippen LogP contribution in [0.1, 0.15) is 29.5 Å². The fourth-order valence-electron chi connectivity index (χ4n) is 1.82. The summed E-state index contributed by atoms with van der Waals surface area (Å²) in [6.07, 6.45) is 0. The van der Waals surface area contributed by atoms with Gasteiger partial charge in [0.15, 0.2) is 0 Å². The lowest BCUT2D eigenvalue weighted by atomic mass is 9.95. The van der Waals surface area contributed by atoms with Crippen molar-refractivity contribution in [3.63, 3.8) is 0 Å². The molecule has 0 aliphatic rings. The van der Waals surface area contributed by atoms with Crippen molar-refractivity contribution < 1.29 is 10.2 Å². The quantitative estimate of drug-likeness (QED) is 0.819. The lowest BCUT2D eigenvalue weighted by Gasteiger charge is -2.17. The van der Waals surface area contributed by atoms with Gasteiger partial charge in [-0.05, 0) is 26.6 Å². The van der Waals surface area contributed by atoms with E-state index in [1.54, 1.807) is 0 Å². The zero-order valence-electron chi connectivity index (χ0n) is 10.5. The van der Waals surface area contributed by atoms with E-state index in [4.69, 9.17) is 5.11 Å². The van der Waals surface area contributed by atoms with Crippen LogP contribution in [0.3, 0.4) is 0 Å². The number of aliphatic hydroxyl groups is 1. The zero-order valence-corrected chi connectivity index (χ0v) is 10.5. The average Bonchev–Trinajstić information content (AvgIpc) is 2.21.